The van der Waals surface area contributed by atoms with E-state index in [-0.39, 0.29) is 5.78 Å². The van der Waals surface area contributed by atoms with Crippen LogP contribution < -0.4 is 4.74 Å². The third-order valence-corrected chi connectivity index (χ3v) is 2.22. The fourth-order valence-corrected chi connectivity index (χ4v) is 1.42. The molecule has 0 aliphatic rings. The van der Waals surface area contributed by atoms with E-state index in [1.54, 1.807) is 19.2 Å². The second-order valence-corrected chi connectivity index (χ2v) is 3.30. The molecule has 1 aromatic rings. The van der Waals surface area contributed by atoms with Gasteiger partial charge in [-0.25, -0.2) is 0 Å². The number of hydrogen-bond acceptors (Lipinski definition) is 2. The molecule has 0 amide bonds. The van der Waals surface area contributed by atoms with Gasteiger partial charge < -0.3 is 4.74 Å². The van der Waals surface area contributed by atoms with Gasteiger partial charge in [0.15, 0.2) is 5.78 Å². The maximum absolute atomic E-state index is 11.8. The highest BCUT2D eigenvalue weighted by Crippen LogP contribution is 2.19. The van der Waals surface area contributed by atoms with Crippen LogP contribution in [0.3, 0.4) is 0 Å². The molecule has 0 saturated carbocycles. The first kappa shape index (κ1) is 11.5. The Labute approximate surface area is 90.6 Å². The van der Waals surface area contributed by atoms with Crippen molar-refractivity contribution in [3.8, 4) is 5.75 Å². The highest BCUT2D eigenvalue weighted by molar-refractivity contribution is 5.98. The molecule has 0 atom stereocenters. The molecule has 0 aliphatic carbocycles. The summed E-state index contributed by atoms with van der Waals surface area (Å²) >= 11 is 0. The summed E-state index contributed by atoms with van der Waals surface area (Å²) in [6, 6.07) is 7.32. The number of ketones is 1. The van der Waals surface area contributed by atoms with Crippen LogP contribution in [0.5, 0.6) is 5.75 Å². The molecule has 15 heavy (non-hydrogen) atoms. The molecule has 0 fully saturated rings. The standard InChI is InChI=1S/C13H16O2/c1-3-4-5-9-12(14)11-8-6-7-10-13(11)15-2/h3,6-8,10H,1,4-5,9H2,2H3. The Morgan fingerprint density at radius 1 is 1.47 bits per heavy atom. The van der Waals surface area contributed by atoms with Gasteiger partial charge in [0.05, 0.1) is 12.7 Å². The molecular formula is C13H16O2. The molecule has 0 radical (unpaired) electrons. The van der Waals surface area contributed by atoms with Gasteiger partial charge in [-0.3, -0.25) is 4.79 Å². The summed E-state index contributed by atoms with van der Waals surface area (Å²) in [4.78, 5) is 11.8. The molecule has 0 heterocycles. The Morgan fingerprint density at radius 3 is 2.87 bits per heavy atom. The van der Waals surface area contributed by atoms with Crippen LogP contribution in [0.1, 0.15) is 29.6 Å². The number of Topliss-reactive ketones (excluding diaryl/α,β-unsaturated/α-hetero) is 1. The first-order chi connectivity index (χ1) is 7.29. The van der Waals surface area contributed by atoms with Crippen LogP contribution in [0, 0.1) is 0 Å². The van der Waals surface area contributed by atoms with E-state index >= 15 is 0 Å². The van der Waals surface area contributed by atoms with Gasteiger partial charge in [0, 0.05) is 6.42 Å². The minimum absolute atomic E-state index is 0.134. The van der Waals surface area contributed by atoms with Gasteiger partial charge in [0.25, 0.3) is 0 Å². The van der Waals surface area contributed by atoms with E-state index in [9.17, 15) is 4.79 Å². The third-order valence-electron chi connectivity index (χ3n) is 2.22. The molecule has 0 N–H and O–H groups in total. The lowest BCUT2D eigenvalue weighted by Gasteiger charge is -2.06. The van der Waals surface area contributed by atoms with Crippen molar-refractivity contribution in [2.45, 2.75) is 19.3 Å². The van der Waals surface area contributed by atoms with Crippen molar-refractivity contribution in [1.29, 1.82) is 0 Å². The lowest BCUT2D eigenvalue weighted by molar-refractivity contribution is 0.0977. The summed E-state index contributed by atoms with van der Waals surface area (Å²) in [6.07, 6.45) is 4.10. The van der Waals surface area contributed by atoms with E-state index in [1.165, 1.54) is 0 Å². The summed E-state index contributed by atoms with van der Waals surface area (Å²) in [5.41, 5.74) is 0.670. The van der Waals surface area contributed by atoms with Gasteiger partial charge in [0.1, 0.15) is 5.75 Å². The monoisotopic (exact) mass is 204 g/mol. The molecule has 0 bridgehead atoms. The average molecular weight is 204 g/mol. The van der Waals surface area contributed by atoms with E-state index in [0.29, 0.717) is 17.7 Å². The van der Waals surface area contributed by atoms with Crippen molar-refractivity contribution in [2.75, 3.05) is 7.11 Å². The van der Waals surface area contributed by atoms with Crippen LogP contribution in [0.2, 0.25) is 0 Å². The fraction of sp³-hybridized carbons (Fsp3) is 0.308. The Morgan fingerprint density at radius 2 is 2.20 bits per heavy atom. The number of methoxy groups -OCH3 is 1. The van der Waals surface area contributed by atoms with Crippen molar-refractivity contribution in [3.63, 3.8) is 0 Å². The summed E-state index contributed by atoms with van der Waals surface area (Å²) < 4.78 is 5.13. The number of para-hydroxylation sites is 1. The highest BCUT2D eigenvalue weighted by Gasteiger charge is 2.10. The lowest BCUT2D eigenvalue weighted by Crippen LogP contribution is -2.01. The predicted octanol–water partition coefficient (Wildman–Crippen LogP) is 3.23. The number of allylic oxidation sites excluding steroid dienone is 1. The predicted molar refractivity (Wildman–Crippen MR) is 61.4 cm³/mol. The van der Waals surface area contributed by atoms with Crippen LogP contribution >= 0.6 is 0 Å². The van der Waals surface area contributed by atoms with E-state index in [4.69, 9.17) is 4.74 Å². The van der Waals surface area contributed by atoms with Gasteiger partial charge in [-0.2, -0.15) is 0 Å². The smallest absolute Gasteiger partial charge is 0.166 e. The van der Waals surface area contributed by atoms with E-state index in [0.717, 1.165) is 12.8 Å². The Bertz CT molecular complexity index is 342. The van der Waals surface area contributed by atoms with Crippen molar-refractivity contribution in [2.24, 2.45) is 0 Å². The number of ether oxygens (including phenoxy) is 1. The zero-order valence-corrected chi connectivity index (χ0v) is 9.03. The maximum Gasteiger partial charge on any atom is 0.166 e. The molecule has 2 heteroatoms. The Balaban J connectivity index is 2.68. The quantitative estimate of drug-likeness (QED) is 0.404. The van der Waals surface area contributed by atoms with Crippen LogP contribution in [0.15, 0.2) is 36.9 Å². The van der Waals surface area contributed by atoms with Gasteiger partial charge in [0.2, 0.25) is 0 Å². The lowest BCUT2D eigenvalue weighted by atomic mass is 10.0. The van der Waals surface area contributed by atoms with Crippen LogP contribution in [-0.2, 0) is 0 Å². The molecule has 1 aromatic carbocycles. The molecule has 0 saturated heterocycles. The zero-order valence-electron chi connectivity index (χ0n) is 9.03. The minimum Gasteiger partial charge on any atom is -0.496 e. The second-order valence-electron chi connectivity index (χ2n) is 3.30. The first-order valence-electron chi connectivity index (χ1n) is 5.06. The summed E-state index contributed by atoms with van der Waals surface area (Å²) in [5.74, 6) is 0.787. The largest absolute Gasteiger partial charge is 0.496 e. The number of benzene rings is 1. The molecule has 0 unspecified atom stereocenters. The topological polar surface area (TPSA) is 26.3 Å². The fourth-order valence-electron chi connectivity index (χ4n) is 1.42. The van der Waals surface area contributed by atoms with Crippen molar-refractivity contribution in [3.05, 3.63) is 42.5 Å². The third kappa shape index (κ3) is 3.24. The molecular weight excluding hydrogens is 188 g/mol. The number of carbonyl (C=O) groups excluding carboxylic acids is 1. The maximum atomic E-state index is 11.8. The summed E-state index contributed by atoms with van der Waals surface area (Å²) in [5, 5.41) is 0. The molecule has 0 spiro atoms. The van der Waals surface area contributed by atoms with Gasteiger partial charge in [-0.05, 0) is 25.0 Å². The summed E-state index contributed by atoms with van der Waals surface area (Å²) in [6.45, 7) is 3.63. The second kappa shape index (κ2) is 6.02. The van der Waals surface area contributed by atoms with E-state index in [1.807, 2.05) is 18.2 Å². The number of hydrogen-bond donors (Lipinski definition) is 0. The average Bonchev–Trinajstić information content (AvgIpc) is 2.29. The Hall–Kier alpha value is -1.57. The van der Waals surface area contributed by atoms with Crippen LogP contribution in [-0.4, -0.2) is 12.9 Å². The molecule has 0 aliphatic heterocycles. The molecule has 80 valence electrons. The highest BCUT2D eigenvalue weighted by atomic mass is 16.5. The summed E-state index contributed by atoms with van der Waals surface area (Å²) in [7, 11) is 1.58. The molecule has 0 aromatic heterocycles. The Kier molecular flexibility index (Phi) is 4.61. The van der Waals surface area contributed by atoms with Gasteiger partial charge in [-0.1, -0.05) is 18.2 Å². The number of carbonyl (C=O) groups is 1. The number of unbranched alkanes of at least 4 members (excludes halogenated alkanes) is 1. The molecule has 1 rings (SSSR count). The zero-order chi connectivity index (χ0) is 11.1. The molecule has 2 nitrogen and oxygen atoms in total. The first-order valence-corrected chi connectivity index (χ1v) is 5.06. The van der Waals surface area contributed by atoms with E-state index < -0.39 is 0 Å². The van der Waals surface area contributed by atoms with E-state index in [2.05, 4.69) is 6.58 Å². The number of rotatable bonds is 6. The SMILES string of the molecule is C=CCCCC(=O)c1ccccc1OC. The minimum atomic E-state index is 0.134. The van der Waals surface area contributed by atoms with Crippen LogP contribution in [0.4, 0.5) is 0 Å². The van der Waals surface area contributed by atoms with Gasteiger partial charge >= 0.3 is 0 Å². The van der Waals surface area contributed by atoms with Crippen molar-refractivity contribution < 1.29 is 9.53 Å². The van der Waals surface area contributed by atoms with Crippen molar-refractivity contribution >= 4 is 5.78 Å². The van der Waals surface area contributed by atoms with Crippen LogP contribution in [0.25, 0.3) is 0 Å². The van der Waals surface area contributed by atoms with Gasteiger partial charge in [-0.15, -0.1) is 6.58 Å². The normalized spacial score (nSPS) is 9.67. The van der Waals surface area contributed by atoms with Crippen molar-refractivity contribution in [1.82, 2.24) is 0 Å².